The molecule has 2 heteroatoms. The van der Waals surface area contributed by atoms with E-state index in [2.05, 4.69) is 6.92 Å². The van der Waals surface area contributed by atoms with Crippen LogP contribution in [0.25, 0.3) is 0 Å². The predicted molar refractivity (Wildman–Crippen MR) is 58.2 cm³/mol. The summed E-state index contributed by atoms with van der Waals surface area (Å²) in [5, 5.41) is 0. The lowest BCUT2D eigenvalue weighted by Crippen LogP contribution is -2.21. The van der Waals surface area contributed by atoms with Crippen LogP contribution in [0.2, 0.25) is 0 Å². The highest BCUT2D eigenvalue weighted by atomic mass is 16.5. The highest BCUT2D eigenvalue weighted by Crippen LogP contribution is 2.32. The number of hydrogen-bond donors (Lipinski definition) is 0. The number of carbonyl (C=O) groups excluding carboxylic acids is 1. The fourth-order valence-electron chi connectivity index (χ4n) is 1.86. The Morgan fingerprint density at radius 2 is 2.00 bits per heavy atom. The van der Waals surface area contributed by atoms with E-state index >= 15 is 0 Å². The second-order valence-corrected chi connectivity index (χ2v) is 3.70. The fourth-order valence-corrected chi connectivity index (χ4v) is 1.86. The number of hydrogen-bond acceptors (Lipinski definition) is 2. The summed E-state index contributed by atoms with van der Waals surface area (Å²) in [5.74, 6) is 0.0543. The minimum Gasteiger partial charge on any atom is -0.454 e. The van der Waals surface area contributed by atoms with E-state index in [0.717, 1.165) is 12.0 Å². The number of esters is 1. The maximum absolute atomic E-state index is 11.2. The van der Waals surface area contributed by atoms with Gasteiger partial charge in [0.25, 0.3) is 0 Å². The van der Waals surface area contributed by atoms with Gasteiger partial charge in [-0.25, -0.2) is 4.79 Å². The number of carbonyl (C=O) groups is 1. The molecule has 15 heavy (non-hydrogen) atoms. The van der Waals surface area contributed by atoms with Crippen molar-refractivity contribution >= 4 is 5.97 Å². The van der Waals surface area contributed by atoms with Gasteiger partial charge in [0, 0.05) is 12.0 Å². The zero-order valence-corrected chi connectivity index (χ0v) is 8.72. The van der Waals surface area contributed by atoms with Crippen LogP contribution in [0, 0.1) is 5.92 Å². The molecule has 1 aliphatic heterocycles. The number of cyclic esters (lactones) is 1. The third-order valence-electron chi connectivity index (χ3n) is 2.71. The van der Waals surface area contributed by atoms with Crippen LogP contribution < -0.4 is 0 Å². The summed E-state index contributed by atoms with van der Waals surface area (Å²) in [7, 11) is 0. The normalized spacial score (nSPS) is 25.0. The molecule has 1 aromatic rings. The lowest BCUT2D eigenvalue weighted by atomic mass is 9.91. The molecule has 2 nitrogen and oxygen atoms in total. The number of ether oxygens (including phenoxy) is 1. The maximum Gasteiger partial charge on any atom is 0.331 e. The van der Waals surface area contributed by atoms with Crippen molar-refractivity contribution in [2.75, 3.05) is 0 Å². The number of rotatable bonds is 2. The Balaban J connectivity index is 2.27. The summed E-state index contributed by atoms with van der Waals surface area (Å²) in [4.78, 5) is 11.2. The Bertz CT molecular complexity index is 367. The zero-order chi connectivity index (χ0) is 10.7. The topological polar surface area (TPSA) is 26.3 Å². The molecule has 0 fully saturated rings. The Hall–Kier alpha value is -1.57. The van der Waals surface area contributed by atoms with Gasteiger partial charge in [0.15, 0.2) is 0 Å². The molecule has 0 saturated carbocycles. The largest absolute Gasteiger partial charge is 0.454 e. The second kappa shape index (κ2) is 4.30. The molecule has 2 atom stereocenters. The van der Waals surface area contributed by atoms with Crippen molar-refractivity contribution in [3.8, 4) is 0 Å². The minimum absolute atomic E-state index is 0.117. The van der Waals surface area contributed by atoms with Crippen LogP contribution >= 0.6 is 0 Å². The van der Waals surface area contributed by atoms with Gasteiger partial charge in [0.05, 0.1) is 0 Å². The monoisotopic (exact) mass is 202 g/mol. The van der Waals surface area contributed by atoms with Crippen molar-refractivity contribution in [3.63, 3.8) is 0 Å². The first kappa shape index (κ1) is 9.97. The van der Waals surface area contributed by atoms with Crippen LogP contribution in [0.15, 0.2) is 42.5 Å². The van der Waals surface area contributed by atoms with Crippen LogP contribution in [-0.4, -0.2) is 5.97 Å². The van der Waals surface area contributed by atoms with Gasteiger partial charge in [-0.05, 0) is 12.0 Å². The second-order valence-electron chi connectivity index (χ2n) is 3.70. The summed E-state index contributed by atoms with van der Waals surface area (Å²) in [6.07, 6.45) is 4.33. The molecular formula is C13H14O2. The summed E-state index contributed by atoms with van der Waals surface area (Å²) in [5.41, 5.74) is 1.07. The van der Waals surface area contributed by atoms with Crippen molar-refractivity contribution in [1.29, 1.82) is 0 Å². The highest BCUT2D eigenvalue weighted by Gasteiger charge is 2.26. The van der Waals surface area contributed by atoms with Crippen molar-refractivity contribution in [2.24, 2.45) is 5.92 Å². The van der Waals surface area contributed by atoms with E-state index in [9.17, 15) is 4.79 Å². The first-order chi connectivity index (χ1) is 7.31. The van der Waals surface area contributed by atoms with E-state index in [0.29, 0.717) is 5.92 Å². The first-order valence-corrected chi connectivity index (χ1v) is 5.25. The highest BCUT2D eigenvalue weighted by molar-refractivity contribution is 5.83. The molecule has 0 bridgehead atoms. The Morgan fingerprint density at radius 3 is 2.67 bits per heavy atom. The fraction of sp³-hybridized carbons (Fsp3) is 0.308. The van der Waals surface area contributed by atoms with E-state index in [1.54, 1.807) is 0 Å². The average molecular weight is 202 g/mol. The minimum atomic E-state index is -0.242. The van der Waals surface area contributed by atoms with Crippen LogP contribution in [-0.2, 0) is 9.53 Å². The van der Waals surface area contributed by atoms with Crippen LogP contribution in [0.3, 0.4) is 0 Å². The van der Waals surface area contributed by atoms with Gasteiger partial charge in [0.2, 0.25) is 0 Å². The summed E-state index contributed by atoms with van der Waals surface area (Å²) in [6, 6.07) is 9.90. The van der Waals surface area contributed by atoms with Crippen molar-refractivity contribution in [1.82, 2.24) is 0 Å². The Kier molecular flexibility index (Phi) is 2.86. The smallest absolute Gasteiger partial charge is 0.331 e. The van der Waals surface area contributed by atoms with Gasteiger partial charge in [-0.15, -0.1) is 0 Å². The first-order valence-electron chi connectivity index (χ1n) is 5.25. The molecule has 0 N–H and O–H groups in total. The SMILES string of the molecule is CC[C@H]1C=CC(=O)O[C@H]1c1ccccc1. The lowest BCUT2D eigenvalue weighted by Gasteiger charge is -2.26. The molecule has 0 aromatic heterocycles. The lowest BCUT2D eigenvalue weighted by molar-refractivity contribution is -0.147. The van der Waals surface area contributed by atoms with Gasteiger partial charge in [-0.3, -0.25) is 0 Å². The van der Waals surface area contributed by atoms with Crippen molar-refractivity contribution < 1.29 is 9.53 Å². The standard InChI is InChI=1S/C13H14O2/c1-2-10-8-9-12(14)15-13(10)11-6-4-3-5-7-11/h3-10,13H,2H2,1H3/t10-,13+/m0/s1. The summed E-state index contributed by atoms with van der Waals surface area (Å²) < 4.78 is 5.35. The predicted octanol–water partition coefficient (Wildman–Crippen LogP) is 2.87. The van der Waals surface area contributed by atoms with Crippen molar-refractivity contribution in [2.45, 2.75) is 19.4 Å². The Morgan fingerprint density at radius 1 is 1.27 bits per heavy atom. The van der Waals surface area contributed by atoms with Gasteiger partial charge in [0.1, 0.15) is 6.10 Å². The molecule has 1 aliphatic rings. The quantitative estimate of drug-likeness (QED) is 0.689. The third kappa shape index (κ3) is 2.09. The molecule has 0 aliphatic carbocycles. The van der Waals surface area contributed by atoms with Crippen LogP contribution in [0.5, 0.6) is 0 Å². The summed E-state index contributed by atoms with van der Waals surface area (Å²) >= 11 is 0. The molecule has 0 saturated heterocycles. The van der Waals surface area contributed by atoms with E-state index in [1.165, 1.54) is 6.08 Å². The maximum atomic E-state index is 11.2. The molecule has 0 radical (unpaired) electrons. The molecular weight excluding hydrogens is 188 g/mol. The molecule has 78 valence electrons. The molecule has 0 amide bonds. The van der Waals surface area contributed by atoms with Crippen LogP contribution in [0.1, 0.15) is 25.0 Å². The molecule has 1 heterocycles. The van der Waals surface area contributed by atoms with Gasteiger partial charge < -0.3 is 4.74 Å². The molecule has 0 spiro atoms. The summed E-state index contributed by atoms with van der Waals surface area (Å²) in [6.45, 7) is 2.10. The van der Waals surface area contributed by atoms with E-state index in [4.69, 9.17) is 4.74 Å². The van der Waals surface area contributed by atoms with Crippen molar-refractivity contribution in [3.05, 3.63) is 48.0 Å². The average Bonchev–Trinajstić information content (AvgIpc) is 2.30. The van der Waals surface area contributed by atoms with Gasteiger partial charge in [-0.1, -0.05) is 43.3 Å². The third-order valence-corrected chi connectivity index (χ3v) is 2.71. The molecule has 1 aromatic carbocycles. The van der Waals surface area contributed by atoms with Gasteiger partial charge >= 0.3 is 5.97 Å². The van der Waals surface area contributed by atoms with E-state index < -0.39 is 0 Å². The van der Waals surface area contributed by atoms with E-state index in [1.807, 2.05) is 36.4 Å². The van der Waals surface area contributed by atoms with Gasteiger partial charge in [-0.2, -0.15) is 0 Å². The Labute approximate surface area is 89.6 Å². The number of benzene rings is 1. The molecule has 2 rings (SSSR count). The molecule has 0 unspecified atom stereocenters. The zero-order valence-electron chi connectivity index (χ0n) is 8.72. The van der Waals surface area contributed by atoms with Crippen LogP contribution in [0.4, 0.5) is 0 Å². The van der Waals surface area contributed by atoms with E-state index in [-0.39, 0.29) is 12.1 Å².